The van der Waals surface area contributed by atoms with Crippen molar-refractivity contribution in [3.63, 3.8) is 0 Å². The van der Waals surface area contributed by atoms with Crippen molar-refractivity contribution in [1.29, 1.82) is 0 Å². The Balaban J connectivity index is 2.35. The molecule has 2 rings (SSSR count). The van der Waals surface area contributed by atoms with Crippen LogP contribution in [-0.4, -0.2) is 24.4 Å². The second kappa shape index (κ2) is 7.20. The maximum absolute atomic E-state index is 12.4. The highest BCUT2D eigenvalue weighted by Gasteiger charge is 2.24. The molecule has 1 atom stereocenters. The Morgan fingerprint density at radius 1 is 1.17 bits per heavy atom. The van der Waals surface area contributed by atoms with E-state index in [-0.39, 0.29) is 10.6 Å². The van der Waals surface area contributed by atoms with E-state index in [1.54, 1.807) is 30.3 Å². The molecule has 24 heavy (non-hydrogen) atoms. The zero-order chi connectivity index (χ0) is 17.7. The SMILES string of the molecule is O=C(O)CC(NS(=O)(=O)c1cccc([N+](=O)[O-])c1)c1ccccc1. The number of nitrogens with one attached hydrogen (secondary N) is 1. The van der Waals surface area contributed by atoms with Gasteiger partial charge in [-0.25, -0.2) is 13.1 Å². The number of non-ortho nitro benzene ring substituents is 1. The highest BCUT2D eigenvalue weighted by atomic mass is 32.2. The van der Waals surface area contributed by atoms with Crippen LogP contribution in [0.25, 0.3) is 0 Å². The number of sulfonamides is 1. The third kappa shape index (κ3) is 4.37. The van der Waals surface area contributed by atoms with Crippen molar-refractivity contribution < 1.29 is 23.2 Å². The summed E-state index contributed by atoms with van der Waals surface area (Å²) < 4.78 is 27.2. The lowest BCUT2D eigenvalue weighted by atomic mass is 10.1. The number of benzene rings is 2. The van der Waals surface area contributed by atoms with Gasteiger partial charge in [0.05, 0.1) is 22.3 Å². The van der Waals surface area contributed by atoms with Gasteiger partial charge in [-0.1, -0.05) is 36.4 Å². The van der Waals surface area contributed by atoms with Crippen molar-refractivity contribution in [3.8, 4) is 0 Å². The molecule has 0 aromatic heterocycles. The van der Waals surface area contributed by atoms with Crippen LogP contribution in [-0.2, 0) is 14.8 Å². The number of rotatable bonds is 7. The Labute approximate surface area is 138 Å². The van der Waals surface area contributed by atoms with Gasteiger partial charge < -0.3 is 5.11 Å². The van der Waals surface area contributed by atoms with E-state index in [2.05, 4.69) is 4.72 Å². The van der Waals surface area contributed by atoms with Gasteiger partial charge in [-0.2, -0.15) is 0 Å². The van der Waals surface area contributed by atoms with Crippen LogP contribution in [0.15, 0.2) is 59.5 Å². The third-order valence-electron chi connectivity index (χ3n) is 3.22. The van der Waals surface area contributed by atoms with Crippen molar-refractivity contribution in [3.05, 3.63) is 70.3 Å². The summed E-state index contributed by atoms with van der Waals surface area (Å²) in [6, 6.07) is 11.8. The smallest absolute Gasteiger partial charge is 0.305 e. The Bertz CT molecular complexity index is 851. The van der Waals surface area contributed by atoms with Crippen molar-refractivity contribution in [2.75, 3.05) is 0 Å². The van der Waals surface area contributed by atoms with E-state index in [9.17, 15) is 23.3 Å². The minimum atomic E-state index is -4.13. The lowest BCUT2D eigenvalue weighted by Crippen LogP contribution is -2.30. The molecular formula is C15H14N2O6S. The summed E-state index contributed by atoms with van der Waals surface area (Å²) in [6.45, 7) is 0. The zero-order valence-corrected chi connectivity index (χ0v) is 13.1. The van der Waals surface area contributed by atoms with E-state index >= 15 is 0 Å². The van der Waals surface area contributed by atoms with E-state index in [1.807, 2.05) is 0 Å². The summed E-state index contributed by atoms with van der Waals surface area (Å²) in [5, 5.41) is 19.8. The molecule has 2 aromatic carbocycles. The largest absolute Gasteiger partial charge is 0.481 e. The number of carbonyl (C=O) groups is 1. The fraction of sp³-hybridized carbons (Fsp3) is 0.133. The molecule has 1 unspecified atom stereocenters. The van der Waals surface area contributed by atoms with E-state index in [4.69, 9.17) is 5.11 Å². The second-order valence-corrected chi connectivity index (χ2v) is 6.65. The average molecular weight is 350 g/mol. The van der Waals surface area contributed by atoms with Crippen LogP contribution in [0, 0.1) is 10.1 Å². The summed E-state index contributed by atoms with van der Waals surface area (Å²) in [5.74, 6) is -1.18. The molecule has 0 fully saturated rings. The lowest BCUT2D eigenvalue weighted by Gasteiger charge is -2.17. The number of nitro groups is 1. The van der Waals surface area contributed by atoms with Gasteiger partial charge in [0.15, 0.2) is 0 Å². The highest BCUT2D eigenvalue weighted by molar-refractivity contribution is 7.89. The molecule has 0 radical (unpaired) electrons. The van der Waals surface area contributed by atoms with Crippen molar-refractivity contribution in [1.82, 2.24) is 4.72 Å². The summed E-state index contributed by atoms with van der Waals surface area (Å²) in [7, 11) is -4.13. The first-order valence-corrected chi connectivity index (χ1v) is 8.31. The molecule has 0 aliphatic heterocycles. The van der Waals surface area contributed by atoms with E-state index in [1.165, 1.54) is 18.2 Å². The first-order chi connectivity index (χ1) is 11.3. The van der Waals surface area contributed by atoms with Crippen molar-refractivity contribution >= 4 is 21.7 Å². The van der Waals surface area contributed by atoms with Gasteiger partial charge in [-0.15, -0.1) is 0 Å². The minimum absolute atomic E-state index is 0.303. The second-order valence-electron chi connectivity index (χ2n) is 4.94. The molecule has 0 aliphatic rings. The van der Waals surface area contributed by atoms with Crippen LogP contribution >= 0.6 is 0 Å². The predicted octanol–water partition coefficient (Wildman–Crippen LogP) is 2.09. The summed E-state index contributed by atoms with van der Waals surface area (Å²) in [5.41, 5.74) is 0.112. The number of hydrogen-bond acceptors (Lipinski definition) is 5. The fourth-order valence-corrected chi connectivity index (χ4v) is 3.37. The molecule has 0 amide bonds. The average Bonchev–Trinajstić information content (AvgIpc) is 2.54. The van der Waals surface area contributed by atoms with Crippen molar-refractivity contribution in [2.24, 2.45) is 0 Å². The summed E-state index contributed by atoms with van der Waals surface area (Å²) in [6.07, 6.45) is -0.460. The standard InChI is InChI=1S/C15H14N2O6S/c18-15(19)10-14(11-5-2-1-3-6-11)16-24(22,23)13-8-4-7-12(9-13)17(20)21/h1-9,14,16H,10H2,(H,18,19). The fourth-order valence-electron chi connectivity index (χ4n) is 2.11. The lowest BCUT2D eigenvalue weighted by molar-refractivity contribution is -0.385. The molecule has 2 aromatic rings. The molecule has 0 heterocycles. The Morgan fingerprint density at radius 3 is 2.42 bits per heavy atom. The molecule has 0 saturated carbocycles. The minimum Gasteiger partial charge on any atom is -0.481 e. The quantitative estimate of drug-likeness (QED) is 0.581. The van der Waals surface area contributed by atoms with Gasteiger partial charge in [-0.3, -0.25) is 14.9 Å². The highest BCUT2D eigenvalue weighted by Crippen LogP contribution is 2.22. The van der Waals surface area contributed by atoms with Gasteiger partial charge in [0.1, 0.15) is 0 Å². The summed E-state index contributed by atoms with van der Waals surface area (Å²) in [4.78, 5) is 20.8. The normalized spacial score (nSPS) is 12.5. The monoisotopic (exact) mass is 350 g/mol. The number of nitro benzene ring substituents is 1. The van der Waals surface area contributed by atoms with E-state index in [0.717, 1.165) is 6.07 Å². The molecular weight excluding hydrogens is 336 g/mol. The third-order valence-corrected chi connectivity index (χ3v) is 4.69. The number of hydrogen-bond donors (Lipinski definition) is 2. The molecule has 126 valence electrons. The van der Waals surface area contributed by atoms with Crippen molar-refractivity contribution in [2.45, 2.75) is 17.4 Å². The Hall–Kier alpha value is -2.78. The molecule has 2 N–H and O–H groups in total. The van der Waals surface area contributed by atoms with Crippen LogP contribution in [0.1, 0.15) is 18.0 Å². The first-order valence-electron chi connectivity index (χ1n) is 6.83. The number of aliphatic carboxylic acids is 1. The molecule has 0 spiro atoms. The maximum Gasteiger partial charge on any atom is 0.305 e. The Kier molecular flexibility index (Phi) is 5.27. The molecule has 8 nitrogen and oxygen atoms in total. The van der Waals surface area contributed by atoms with Crippen LogP contribution in [0.2, 0.25) is 0 Å². The van der Waals surface area contributed by atoms with Gasteiger partial charge in [0.2, 0.25) is 10.0 Å². The molecule has 9 heteroatoms. The molecule has 0 saturated heterocycles. The Morgan fingerprint density at radius 2 is 1.83 bits per heavy atom. The summed E-state index contributed by atoms with van der Waals surface area (Å²) >= 11 is 0. The maximum atomic E-state index is 12.4. The first kappa shape index (κ1) is 17.6. The van der Waals surface area contributed by atoms with Gasteiger partial charge in [-0.05, 0) is 11.6 Å². The molecule has 0 aliphatic carbocycles. The van der Waals surface area contributed by atoms with Crippen LogP contribution in [0.4, 0.5) is 5.69 Å². The topological polar surface area (TPSA) is 127 Å². The predicted molar refractivity (Wildman–Crippen MR) is 84.9 cm³/mol. The van der Waals surface area contributed by atoms with E-state index < -0.39 is 33.4 Å². The van der Waals surface area contributed by atoms with Gasteiger partial charge in [0, 0.05) is 12.1 Å². The molecule has 0 bridgehead atoms. The van der Waals surface area contributed by atoms with Crippen LogP contribution in [0.3, 0.4) is 0 Å². The van der Waals surface area contributed by atoms with Crippen LogP contribution in [0.5, 0.6) is 0 Å². The van der Waals surface area contributed by atoms with Gasteiger partial charge >= 0.3 is 5.97 Å². The number of carboxylic acid groups (broad SMARTS) is 1. The van der Waals surface area contributed by atoms with Crippen LogP contribution < -0.4 is 4.72 Å². The number of carboxylic acids is 1. The van der Waals surface area contributed by atoms with Gasteiger partial charge in [0.25, 0.3) is 5.69 Å². The van der Waals surface area contributed by atoms with E-state index in [0.29, 0.717) is 5.56 Å². The number of nitrogens with zero attached hydrogens (tertiary/aromatic N) is 1. The zero-order valence-electron chi connectivity index (χ0n) is 12.3.